The largest absolute Gasteiger partial charge is 0.272 e. The summed E-state index contributed by atoms with van der Waals surface area (Å²) < 4.78 is 1.95. The molecule has 0 aliphatic rings. The molecule has 2 rings (SSSR count). The third-order valence-corrected chi connectivity index (χ3v) is 4.57. The van der Waals surface area contributed by atoms with Crippen LogP contribution in [0.2, 0.25) is 0 Å². The Bertz CT molecular complexity index is 628. The van der Waals surface area contributed by atoms with Gasteiger partial charge in [-0.2, -0.15) is 5.10 Å². The first kappa shape index (κ1) is 15.7. The quantitative estimate of drug-likeness (QED) is 0.656. The number of nitrogens with one attached hydrogen (secondary N) is 1. The van der Waals surface area contributed by atoms with Crippen LogP contribution >= 0.6 is 0 Å². The Kier molecular flexibility index (Phi) is 4.80. The summed E-state index contributed by atoms with van der Waals surface area (Å²) >= 11 is 0. The Morgan fingerprint density at radius 2 is 1.95 bits per heavy atom. The molecule has 1 heterocycles. The number of hydrogen-bond acceptors (Lipinski definition) is 3. The average molecular weight is 286 g/mol. The first-order valence-electron chi connectivity index (χ1n) is 7.47. The van der Waals surface area contributed by atoms with Crippen LogP contribution in [-0.4, -0.2) is 9.78 Å². The molecule has 2 aromatic rings. The molecule has 1 aromatic carbocycles. The fraction of sp³-hybridized carbons (Fsp3) is 0.471. The van der Waals surface area contributed by atoms with Crippen molar-refractivity contribution in [2.24, 2.45) is 12.9 Å². The highest BCUT2D eigenvalue weighted by Gasteiger charge is 2.16. The number of aromatic nitrogens is 2. The van der Waals surface area contributed by atoms with Crippen molar-refractivity contribution in [1.82, 2.24) is 15.2 Å². The molecule has 0 saturated heterocycles. The van der Waals surface area contributed by atoms with E-state index in [1.54, 1.807) is 0 Å². The summed E-state index contributed by atoms with van der Waals surface area (Å²) in [6.07, 6.45) is 1.95. The SMILES string of the molecule is Cc1cccc(C(CCc2c(C)nn(C)c2C)NN)c1C. The number of aryl methyl sites for hydroxylation is 3. The van der Waals surface area contributed by atoms with Crippen LogP contribution in [0.4, 0.5) is 0 Å². The van der Waals surface area contributed by atoms with Crippen LogP contribution in [0.3, 0.4) is 0 Å². The Hall–Kier alpha value is -1.65. The number of rotatable bonds is 5. The lowest BCUT2D eigenvalue weighted by Gasteiger charge is -2.20. The van der Waals surface area contributed by atoms with E-state index in [-0.39, 0.29) is 6.04 Å². The van der Waals surface area contributed by atoms with E-state index in [1.165, 1.54) is 27.9 Å². The minimum Gasteiger partial charge on any atom is -0.272 e. The van der Waals surface area contributed by atoms with E-state index in [0.717, 1.165) is 18.5 Å². The second-order valence-corrected chi connectivity index (χ2v) is 5.82. The maximum absolute atomic E-state index is 5.80. The van der Waals surface area contributed by atoms with Gasteiger partial charge in [0, 0.05) is 18.8 Å². The van der Waals surface area contributed by atoms with Crippen LogP contribution in [-0.2, 0) is 13.5 Å². The highest BCUT2D eigenvalue weighted by Crippen LogP contribution is 2.25. The molecule has 4 heteroatoms. The van der Waals surface area contributed by atoms with Gasteiger partial charge in [0.25, 0.3) is 0 Å². The first-order chi connectivity index (χ1) is 9.95. The van der Waals surface area contributed by atoms with E-state index in [4.69, 9.17) is 5.84 Å². The van der Waals surface area contributed by atoms with Crippen LogP contribution < -0.4 is 11.3 Å². The molecule has 1 aromatic heterocycles. The zero-order valence-electron chi connectivity index (χ0n) is 13.7. The molecule has 1 atom stereocenters. The highest BCUT2D eigenvalue weighted by molar-refractivity contribution is 5.35. The van der Waals surface area contributed by atoms with Crippen LogP contribution in [0.1, 0.15) is 46.1 Å². The fourth-order valence-electron chi connectivity index (χ4n) is 2.95. The van der Waals surface area contributed by atoms with Crippen molar-refractivity contribution in [3.63, 3.8) is 0 Å². The lowest BCUT2D eigenvalue weighted by Crippen LogP contribution is -2.29. The molecule has 0 fully saturated rings. The Labute approximate surface area is 127 Å². The summed E-state index contributed by atoms with van der Waals surface area (Å²) in [6, 6.07) is 6.57. The van der Waals surface area contributed by atoms with Crippen molar-refractivity contribution >= 4 is 0 Å². The molecule has 3 N–H and O–H groups in total. The van der Waals surface area contributed by atoms with E-state index >= 15 is 0 Å². The van der Waals surface area contributed by atoms with Crippen molar-refractivity contribution in [2.75, 3.05) is 0 Å². The summed E-state index contributed by atoms with van der Waals surface area (Å²) in [4.78, 5) is 0. The van der Waals surface area contributed by atoms with Crippen molar-refractivity contribution in [1.29, 1.82) is 0 Å². The minimum atomic E-state index is 0.170. The molecule has 0 bridgehead atoms. The molecule has 114 valence electrons. The van der Waals surface area contributed by atoms with Gasteiger partial charge in [-0.25, -0.2) is 0 Å². The second kappa shape index (κ2) is 6.41. The highest BCUT2D eigenvalue weighted by atomic mass is 15.3. The third kappa shape index (κ3) is 3.17. The van der Waals surface area contributed by atoms with E-state index < -0.39 is 0 Å². The van der Waals surface area contributed by atoms with E-state index in [0.29, 0.717) is 0 Å². The number of hydrogen-bond donors (Lipinski definition) is 2. The summed E-state index contributed by atoms with van der Waals surface area (Å²) in [7, 11) is 2.00. The van der Waals surface area contributed by atoms with Gasteiger partial charge in [0.05, 0.1) is 5.69 Å². The van der Waals surface area contributed by atoms with Gasteiger partial charge in [0.15, 0.2) is 0 Å². The predicted octanol–water partition coefficient (Wildman–Crippen LogP) is 2.79. The topological polar surface area (TPSA) is 55.9 Å². The van der Waals surface area contributed by atoms with E-state index in [9.17, 15) is 0 Å². The molecule has 21 heavy (non-hydrogen) atoms. The molecule has 0 saturated carbocycles. The molecule has 4 nitrogen and oxygen atoms in total. The summed E-state index contributed by atoms with van der Waals surface area (Å²) in [5, 5.41) is 4.48. The molecule has 0 aliphatic heterocycles. The van der Waals surface area contributed by atoms with Gasteiger partial charge in [-0.15, -0.1) is 0 Å². The molecular formula is C17H26N4. The zero-order chi connectivity index (χ0) is 15.6. The summed E-state index contributed by atoms with van der Waals surface area (Å²) in [5.41, 5.74) is 10.6. The van der Waals surface area contributed by atoms with Crippen molar-refractivity contribution in [2.45, 2.75) is 46.6 Å². The number of benzene rings is 1. The lowest BCUT2D eigenvalue weighted by molar-refractivity contribution is 0.513. The van der Waals surface area contributed by atoms with Gasteiger partial charge in [-0.1, -0.05) is 18.2 Å². The third-order valence-electron chi connectivity index (χ3n) is 4.57. The van der Waals surface area contributed by atoms with Crippen LogP contribution in [0.25, 0.3) is 0 Å². The van der Waals surface area contributed by atoms with Crippen LogP contribution in [0.15, 0.2) is 18.2 Å². The van der Waals surface area contributed by atoms with Gasteiger partial charge in [-0.3, -0.25) is 16.0 Å². The van der Waals surface area contributed by atoms with E-state index in [2.05, 4.69) is 56.4 Å². The van der Waals surface area contributed by atoms with Gasteiger partial charge >= 0.3 is 0 Å². The Balaban J connectivity index is 2.18. The normalized spacial score (nSPS) is 12.7. The van der Waals surface area contributed by atoms with Crippen molar-refractivity contribution in [3.8, 4) is 0 Å². The first-order valence-corrected chi connectivity index (χ1v) is 7.47. The zero-order valence-corrected chi connectivity index (χ0v) is 13.7. The molecule has 0 amide bonds. The molecule has 0 aliphatic carbocycles. The lowest BCUT2D eigenvalue weighted by atomic mass is 9.93. The standard InChI is InChI=1S/C17H26N4/c1-11-7-6-8-15(12(11)2)17(19-18)10-9-16-13(3)20-21(5)14(16)4/h6-8,17,19H,9-10,18H2,1-5H3. The minimum absolute atomic E-state index is 0.170. The number of nitrogens with zero attached hydrogens (tertiary/aromatic N) is 2. The Morgan fingerprint density at radius 1 is 1.24 bits per heavy atom. The number of nitrogens with two attached hydrogens (primary N) is 1. The smallest absolute Gasteiger partial charge is 0.0628 e. The second-order valence-electron chi connectivity index (χ2n) is 5.82. The number of hydrazine groups is 1. The van der Waals surface area contributed by atoms with Gasteiger partial charge in [-0.05, 0) is 62.8 Å². The molecular weight excluding hydrogens is 260 g/mol. The van der Waals surface area contributed by atoms with Crippen molar-refractivity contribution < 1.29 is 0 Å². The maximum Gasteiger partial charge on any atom is 0.0628 e. The monoisotopic (exact) mass is 286 g/mol. The molecule has 1 unspecified atom stereocenters. The van der Waals surface area contributed by atoms with Crippen LogP contribution in [0, 0.1) is 27.7 Å². The summed E-state index contributed by atoms with van der Waals surface area (Å²) in [5.74, 6) is 5.80. The van der Waals surface area contributed by atoms with Gasteiger partial charge in [0.2, 0.25) is 0 Å². The van der Waals surface area contributed by atoms with Gasteiger partial charge < -0.3 is 0 Å². The van der Waals surface area contributed by atoms with E-state index in [1.807, 2.05) is 11.7 Å². The maximum atomic E-state index is 5.80. The van der Waals surface area contributed by atoms with Crippen molar-refractivity contribution in [3.05, 3.63) is 51.8 Å². The fourth-order valence-corrected chi connectivity index (χ4v) is 2.95. The van der Waals surface area contributed by atoms with Gasteiger partial charge in [0.1, 0.15) is 0 Å². The summed E-state index contributed by atoms with van der Waals surface area (Å²) in [6.45, 7) is 8.50. The molecule has 0 radical (unpaired) electrons. The van der Waals surface area contributed by atoms with Crippen LogP contribution in [0.5, 0.6) is 0 Å². The Morgan fingerprint density at radius 3 is 2.52 bits per heavy atom. The predicted molar refractivity (Wildman–Crippen MR) is 87.0 cm³/mol. The molecule has 0 spiro atoms. The average Bonchev–Trinajstić information content (AvgIpc) is 2.69.